The molecule has 6 heteroatoms. The third-order valence-electron chi connectivity index (χ3n) is 2.68. The minimum Gasteiger partial charge on any atom is -0.487 e. The summed E-state index contributed by atoms with van der Waals surface area (Å²) in [6.07, 6.45) is 0. The molecule has 1 aromatic carbocycles. The van der Waals surface area contributed by atoms with Gasteiger partial charge in [-0.15, -0.1) is 0 Å². The molecule has 0 fully saturated rings. The minimum absolute atomic E-state index is 0.179. The summed E-state index contributed by atoms with van der Waals surface area (Å²) in [6, 6.07) is 9.24. The Morgan fingerprint density at radius 1 is 1.40 bits per heavy atom. The number of nitrogens with zero attached hydrogens (tertiary/aromatic N) is 1. The Labute approximate surface area is 115 Å². The summed E-state index contributed by atoms with van der Waals surface area (Å²) >= 11 is 0. The van der Waals surface area contributed by atoms with Crippen molar-refractivity contribution in [2.24, 2.45) is 5.84 Å². The Bertz CT molecular complexity index is 632. The number of hydrogen-bond donors (Lipinski definition) is 2. The predicted molar refractivity (Wildman–Crippen MR) is 71.4 cm³/mol. The average molecular weight is 275 g/mol. The third kappa shape index (κ3) is 3.30. The Morgan fingerprint density at radius 3 is 2.90 bits per heavy atom. The van der Waals surface area contributed by atoms with Crippen LogP contribution in [0.3, 0.4) is 0 Å². The van der Waals surface area contributed by atoms with Crippen LogP contribution >= 0.6 is 0 Å². The molecule has 0 radical (unpaired) electrons. The van der Waals surface area contributed by atoms with E-state index in [9.17, 15) is 9.18 Å². The van der Waals surface area contributed by atoms with Crippen molar-refractivity contribution in [2.45, 2.75) is 13.5 Å². The number of halogens is 1. The highest BCUT2D eigenvalue weighted by Crippen LogP contribution is 2.19. The fourth-order valence-corrected chi connectivity index (χ4v) is 1.69. The standard InChI is InChI=1S/C14H14FN3O2/c1-9-7-10(15)5-6-13(9)20-8-11-3-2-4-12(17-11)14(19)18-16/h2-7H,8,16H2,1H3,(H,18,19). The smallest absolute Gasteiger partial charge is 0.283 e. The van der Waals surface area contributed by atoms with Crippen LogP contribution in [0.4, 0.5) is 4.39 Å². The minimum atomic E-state index is -0.468. The maximum Gasteiger partial charge on any atom is 0.283 e. The van der Waals surface area contributed by atoms with Gasteiger partial charge in [-0.3, -0.25) is 10.2 Å². The second-order valence-electron chi connectivity index (χ2n) is 4.19. The number of nitrogens with one attached hydrogen (secondary N) is 1. The summed E-state index contributed by atoms with van der Waals surface area (Å²) in [5.41, 5.74) is 3.50. The van der Waals surface area contributed by atoms with Gasteiger partial charge in [-0.1, -0.05) is 6.07 Å². The van der Waals surface area contributed by atoms with Crippen molar-refractivity contribution < 1.29 is 13.9 Å². The van der Waals surface area contributed by atoms with Crippen LogP contribution in [0.5, 0.6) is 5.75 Å². The van der Waals surface area contributed by atoms with Crippen LogP contribution in [-0.4, -0.2) is 10.9 Å². The van der Waals surface area contributed by atoms with E-state index in [0.717, 1.165) is 0 Å². The van der Waals surface area contributed by atoms with Gasteiger partial charge in [0.15, 0.2) is 0 Å². The number of hydrogen-bond acceptors (Lipinski definition) is 4. The molecule has 104 valence electrons. The lowest BCUT2D eigenvalue weighted by atomic mass is 10.2. The van der Waals surface area contributed by atoms with Crippen LogP contribution in [0.2, 0.25) is 0 Å². The van der Waals surface area contributed by atoms with Crippen molar-refractivity contribution in [3.05, 3.63) is 59.2 Å². The molecule has 0 bridgehead atoms. The van der Waals surface area contributed by atoms with Crippen LogP contribution in [0.1, 0.15) is 21.7 Å². The van der Waals surface area contributed by atoms with E-state index in [2.05, 4.69) is 4.98 Å². The van der Waals surface area contributed by atoms with Gasteiger partial charge in [0.25, 0.3) is 5.91 Å². The highest BCUT2D eigenvalue weighted by atomic mass is 19.1. The fourth-order valence-electron chi connectivity index (χ4n) is 1.69. The molecular formula is C14H14FN3O2. The van der Waals surface area contributed by atoms with Gasteiger partial charge in [-0.05, 0) is 42.8 Å². The summed E-state index contributed by atoms with van der Waals surface area (Å²) in [5, 5.41) is 0. The number of carbonyl (C=O) groups excluding carboxylic acids is 1. The Morgan fingerprint density at radius 2 is 2.20 bits per heavy atom. The first-order valence-corrected chi connectivity index (χ1v) is 5.96. The van der Waals surface area contributed by atoms with E-state index in [1.54, 1.807) is 31.2 Å². The van der Waals surface area contributed by atoms with Gasteiger partial charge in [0.1, 0.15) is 23.9 Å². The van der Waals surface area contributed by atoms with Crippen LogP contribution < -0.4 is 16.0 Å². The van der Waals surface area contributed by atoms with Gasteiger partial charge in [0.2, 0.25) is 0 Å². The molecule has 1 amide bonds. The molecule has 0 aliphatic carbocycles. The van der Waals surface area contributed by atoms with Gasteiger partial charge >= 0.3 is 0 Å². The molecule has 1 aromatic heterocycles. The van der Waals surface area contributed by atoms with Gasteiger partial charge in [0.05, 0.1) is 5.69 Å². The number of amides is 1. The molecule has 0 unspecified atom stereocenters. The summed E-state index contributed by atoms with van der Waals surface area (Å²) in [6.45, 7) is 1.93. The molecule has 0 saturated carbocycles. The highest BCUT2D eigenvalue weighted by molar-refractivity contribution is 5.91. The zero-order valence-electron chi connectivity index (χ0n) is 10.9. The van der Waals surface area contributed by atoms with E-state index >= 15 is 0 Å². The summed E-state index contributed by atoms with van der Waals surface area (Å²) in [5.74, 6) is 4.84. The topological polar surface area (TPSA) is 77.2 Å². The first kappa shape index (κ1) is 14.0. The van der Waals surface area contributed by atoms with Crippen molar-refractivity contribution in [2.75, 3.05) is 0 Å². The summed E-state index contributed by atoms with van der Waals surface area (Å²) in [4.78, 5) is 15.5. The monoisotopic (exact) mass is 275 g/mol. The molecule has 3 N–H and O–H groups in total. The lowest BCUT2D eigenvalue weighted by molar-refractivity contribution is 0.0948. The quantitative estimate of drug-likeness (QED) is 0.506. The largest absolute Gasteiger partial charge is 0.487 e. The van der Waals surface area contributed by atoms with E-state index in [1.807, 2.05) is 5.43 Å². The molecule has 0 spiro atoms. The SMILES string of the molecule is Cc1cc(F)ccc1OCc1cccc(C(=O)NN)n1. The van der Waals surface area contributed by atoms with Gasteiger partial charge in [-0.2, -0.15) is 0 Å². The number of rotatable bonds is 4. The normalized spacial score (nSPS) is 10.2. The van der Waals surface area contributed by atoms with E-state index in [1.165, 1.54) is 12.1 Å². The van der Waals surface area contributed by atoms with Crippen molar-refractivity contribution >= 4 is 5.91 Å². The Balaban J connectivity index is 2.09. The van der Waals surface area contributed by atoms with Crippen molar-refractivity contribution in [3.63, 3.8) is 0 Å². The lowest BCUT2D eigenvalue weighted by Crippen LogP contribution is -2.30. The number of hydrazine groups is 1. The maximum atomic E-state index is 13.0. The molecule has 5 nitrogen and oxygen atoms in total. The number of nitrogen functional groups attached to an aromatic ring is 1. The second kappa shape index (κ2) is 6.12. The van der Waals surface area contributed by atoms with Crippen LogP contribution in [0, 0.1) is 12.7 Å². The maximum absolute atomic E-state index is 13.0. The van der Waals surface area contributed by atoms with Gasteiger partial charge in [-0.25, -0.2) is 15.2 Å². The number of pyridine rings is 1. The third-order valence-corrected chi connectivity index (χ3v) is 2.68. The van der Waals surface area contributed by atoms with E-state index in [-0.39, 0.29) is 18.1 Å². The van der Waals surface area contributed by atoms with Gasteiger partial charge in [0, 0.05) is 0 Å². The average Bonchev–Trinajstić information content (AvgIpc) is 2.46. The first-order valence-electron chi connectivity index (χ1n) is 5.96. The number of aryl methyl sites for hydroxylation is 1. The Kier molecular flexibility index (Phi) is 4.27. The first-order chi connectivity index (χ1) is 9.60. The molecule has 0 atom stereocenters. The van der Waals surface area contributed by atoms with E-state index < -0.39 is 5.91 Å². The summed E-state index contributed by atoms with van der Waals surface area (Å²) < 4.78 is 18.5. The zero-order chi connectivity index (χ0) is 14.5. The molecule has 2 rings (SSSR count). The lowest BCUT2D eigenvalue weighted by Gasteiger charge is -2.09. The molecule has 20 heavy (non-hydrogen) atoms. The van der Waals surface area contributed by atoms with Gasteiger partial charge < -0.3 is 4.74 Å². The van der Waals surface area contributed by atoms with Crippen LogP contribution in [-0.2, 0) is 6.61 Å². The molecule has 0 aliphatic rings. The number of ether oxygens (including phenoxy) is 1. The predicted octanol–water partition coefficient (Wildman–Crippen LogP) is 1.71. The van der Waals surface area contributed by atoms with E-state index in [4.69, 9.17) is 10.6 Å². The summed E-state index contributed by atoms with van der Waals surface area (Å²) in [7, 11) is 0. The van der Waals surface area contributed by atoms with Crippen molar-refractivity contribution in [3.8, 4) is 5.75 Å². The fraction of sp³-hybridized carbons (Fsp3) is 0.143. The molecular weight excluding hydrogens is 261 g/mol. The van der Waals surface area contributed by atoms with Crippen LogP contribution in [0.25, 0.3) is 0 Å². The number of carbonyl (C=O) groups is 1. The zero-order valence-corrected chi connectivity index (χ0v) is 10.9. The second-order valence-corrected chi connectivity index (χ2v) is 4.19. The number of nitrogens with two attached hydrogens (primary N) is 1. The Hall–Kier alpha value is -2.47. The number of aromatic nitrogens is 1. The molecule has 0 saturated heterocycles. The van der Waals surface area contributed by atoms with Crippen molar-refractivity contribution in [1.29, 1.82) is 0 Å². The van der Waals surface area contributed by atoms with Crippen molar-refractivity contribution in [1.82, 2.24) is 10.4 Å². The number of benzene rings is 1. The molecule has 1 heterocycles. The van der Waals surface area contributed by atoms with E-state index in [0.29, 0.717) is 17.0 Å². The van der Waals surface area contributed by atoms with Crippen LogP contribution in [0.15, 0.2) is 36.4 Å². The molecule has 2 aromatic rings. The molecule has 0 aliphatic heterocycles. The highest BCUT2D eigenvalue weighted by Gasteiger charge is 2.07.